The van der Waals surface area contributed by atoms with Crippen LogP contribution in [-0.4, -0.2) is 92.0 Å². The molecule has 5 rings (SSSR count). The van der Waals surface area contributed by atoms with Gasteiger partial charge in [-0.3, -0.25) is 4.90 Å². The van der Waals surface area contributed by atoms with Crippen LogP contribution in [0.15, 0.2) is 60.7 Å². The molecule has 2 aliphatic rings. The number of benzene rings is 2. The molecule has 0 saturated carbocycles. The molecule has 0 bridgehead atoms. The molecule has 3 heterocycles. The summed E-state index contributed by atoms with van der Waals surface area (Å²) < 4.78 is 33.9. The number of hydrogen-bond donors (Lipinski definition) is 0. The maximum Gasteiger partial charge on any atom is 0.322 e. The normalized spacial score (nSPS) is 24.5. The second kappa shape index (κ2) is 12.8. The van der Waals surface area contributed by atoms with Gasteiger partial charge in [-0.25, -0.2) is 4.39 Å². The Hall–Kier alpha value is -2.63. The van der Waals surface area contributed by atoms with Crippen LogP contribution in [0.2, 0.25) is 10.3 Å². The lowest BCUT2D eigenvalue weighted by Crippen LogP contribution is -2.70. The average molecular weight is 628 g/mol. The lowest BCUT2D eigenvalue weighted by atomic mass is 10.1. The van der Waals surface area contributed by atoms with E-state index < -0.39 is 20.1 Å². The number of likely N-dealkylation sites (N-methyl/N-ethyl adjacent to an activating group) is 1. The van der Waals surface area contributed by atoms with Gasteiger partial charge in [-0.2, -0.15) is 15.0 Å². The number of anilines is 1. The zero-order valence-corrected chi connectivity index (χ0v) is 27.7. The summed E-state index contributed by atoms with van der Waals surface area (Å²) in [5.74, 6) is 0.396. The molecule has 232 valence electrons. The van der Waals surface area contributed by atoms with Crippen molar-refractivity contribution in [2.75, 3.05) is 44.8 Å². The fourth-order valence-electron chi connectivity index (χ4n) is 6.52. The van der Waals surface area contributed by atoms with Gasteiger partial charge in [0.2, 0.25) is 11.2 Å². The maximum absolute atomic E-state index is 14.0. The van der Waals surface area contributed by atoms with E-state index >= 15 is 0 Å². The van der Waals surface area contributed by atoms with Gasteiger partial charge in [0.25, 0.3) is 8.32 Å². The predicted octanol–water partition coefficient (Wildman–Crippen LogP) is 4.51. The summed E-state index contributed by atoms with van der Waals surface area (Å²) in [6, 6.07) is 21.2. The molecule has 4 atom stereocenters. The summed E-state index contributed by atoms with van der Waals surface area (Å²) in [6.07, 6.45) is -0.790. The van der Waals surface area contributed by atoms with Crippen molar-refractivity contribution in [1.82, 2.24) is 19.9 Å². The van der Waals surface area contributed by atoms with E-state index in [2.05, 4.69) is 91.2 Å². The zero-order chi connectivity index (χ0) is 30.8. The van der Waals surface area contributed by atoms with Crippen LogP contribution < -0.4 is 20.0 Å². The molecule has 2 aliphatic heterocycles. The number of alkyl halides is 1. The van der Waals surface area contributed by atoms with Crippen molar-refractivity contribution in [3.8, 4) is 6.01 Å². The Labute approximate surface area is 260 Å². The summed E-state index contributed by atoms with van der Waals surface area (Å²) in [6.45, 7) is 13.1. The molecule has 2 saturated heterocycles. The van der Waals surface area contributed by atoms with Crippen LogP contribution in [0.5, 0.6) is 6.01 Å². The van der Waals surface area contributed by atoms with E-state index in [0.717, 1.165) is 0 Å². The fraction of sp³-hybridized carbons (Fsp3) is 0.531. The molecule has 0 unspecified atom stereocenters. The van der Waals surface area contributed by atoms with Gasteiger partial charge in [0.15, 0.2) is 0 Å². The van der Waals surface area contributed by atoms with Gasteiger partial charge in [-0.05, 0) is 54.3 Å². The highest BCUT2D eigenvalue weighted by Gasteiger charge is 2.54. The van der Waals surface area contributed by atoms with Crippen LogP contribution in [0.25, 0.3) is 0 Å². The number of nitrogens with zero attached hydrogens (tertiary/aromatic N) is 5. The van der Waals surface area contributed by atoms with Gasteiger partial charge in [0.05, 0.1) is 25.4 Å². The van der Waals surface area contributed by atoms with Crippen molar-refractivity contribution in [2.45, 2.75) is 70.0 Å². The third kappa shape index (κ3) is 6.88. The highest BCUT2D eigenvalue weighted by atomic mass is 35.5. The van der Waals surface area contributed by atoms with Crippen molar-refractivity contribution in [3.05, 3.63) is 65.9 Å². The Morgan fingerprint density at radius 1 is 1.05 bits per heavy atom. The van der Waals surface area contributed by atoms with Gasteiger partial charge in [-0.15, -0.1) is 0 Å². The first-order chi connectivity index (χ1) is 20.4. The number of likely N-dealkylation sites (tertiary alicyclic amines) is 1. The minimum atomic E-state index is -2.88. The molecule has 2 aromatic carbocycles. The SMILES string of the molecule is C[C@H](Oc1nc(Cl)nc(N2CCOC[C@](C)(O[Si](c3ccccc3)(c3ccccc3)C(C)(C)C)C2)n1)[C@@H]1C[C@@H](F)CN1C. The van der Waals surface area contributed by atoms with Crippen molar-refractivity contribution >= 4 is 36.2 Å². The molecule has 43 heavy (non-hydrogen) atoms. The molecular weight excluding hydrogens is 585 g/mol. The first kappa shape index (κ1) is 31.8. The predicted molar refractivity (Wildman–Crippen MR) is 171 cm³/mol. The van der Waals surface area contributed by atoms with Crippen molar-refractivity contribution in [3.63, 3.8) is 0 Å². The van der Waals surface area contributed by atoms with Gasteiger partial charge in [0.1, 0.15) is 12.3 Å². The maximum atomic E-state index is 14.0. The Morgan fingerprint density at radius 3 is 2.23 bits per heavy atom. The number of aromatic nitrogens is 3. The quantitative estimate of drug-likeness (QED) is 0.338. The third-order valence-electron chi connectivity index (χ3n) is 8.50. The number of hydrogen-bond acceptors (Lipinski definition) is 8. The smallest absolute Gasteiger partial charge is 0.322 e. The van der Waals surface area contributed by atoms with E-state index in [1.165, 1.54) is 10.4 Å². The molecule has 0 amide bonds. The van der Waals surface area contributed by atoms with E-state index in [-0.39, 0.29) is 28.5 Å². The minimum absolute atomic E-state index is 0.0371. The molecule has 0 radical (unpaired) electrons. The zero-order valence-electron chi connectivity index (χ0n) is 26.0. The molecule has 0 N–H and O–H groups in total. The van der Waals surface area contributed by atoms with Crippen LogP contribution in [0, 0.1) is 0 Å². The summed E-state index contributed by atoms with van der Waals surface area (Å²) in [4.78, 5) is 17.4. The number of ether oxygens (including phenoxy) is 2. The van der Waals surface area contributed by atoms with Crippen molar-refractivity contribution in [2.24, 2.45) is 0 Å². The molecule has 2 fully saturated rings. The van der Waals surface area contributed by atoms with Crippen LogP contribution >= 0.6 is 11.6 Å². The molecule has 11 heteroatoms. The Kier molecular flexibility index (Phi) is 9.44. The Balaban J connectivity index is 1.47. The van der Waals surface area contributed by atoms with Gasteiger partial charge in [-0.1, -0.05) is 81.4 Å². The van der Waals surface area contributed by atoms with E-state index in [0.29, 0.717) is 45.2 Å². The standard InChI is InChI=1S/C32H43ClFN5O3Si/c1-23(27-19-24(34)20-38(27)6)41-30-36-28(33)35-29(37-30)39-17-18-40-22-32(5,21-39)42-43(31(2,3)4,25-13-9-7-10-14-25)26-15-11-8-12-16-26/h7-16,23-24,27H,17-22H2,1-6H3/t23-,24+,27-,32+/m0/s1. The molecule has 0 aliphatic carbocycles. The molecule has 8 nitrogen and oxygen atoms in total. The summed E-state index contributed by atoms with van der Waals surface area (Å²) in [7, 11) is -0.976. The third-order valence-corrected chi connectivity index (χ3v) is 13.9. The molecule has 3 aromatic rings. The van der Waals surface area contributed by atoms with Gasteiger partial charge >= 0.3 is 6.01 Å². The van der Waals surface area contributed by atoms with E-state index in [1.54, 1.807) is 0 Å². The molecular formula is C32H43ClFN5O3Si. The second-order valence-electron chi connectivity index (χ2n) is 13.0. The summed E-state index contributed by atoms with van der Waals surface area (Å²) in [5.41, 5.74) is -0.711. The largest absolute Gasteiger partial charge is 0.459 e. The van der Waals surface area contributed by atoms with E-state index in [9.17, 15) is 4.39 Å². The summed E-state index contributed by atoms with van der Waals surface area (Å²) >= 11 is 6.41. The van der Waals surface area contributed by atoms with Crippen LogP contribution in [-0.2, 0) is 9.16 Å². The van der Waals surface area contributed by atoms with Crippen LogP contribution in [0.3, 0.4) is 0 Å². The van der Waals surface area contributed by atoms with Crippen molar-refractivity contribution in [1.29, 1.82) is 0 Å². The Morgan fingerprint density at radius 2 is 1.67 bits per heavy atom. The van der Waals surface area contributed by atoms with Crippen molar-refractivity contribution < 1.29 is 18.3 Å². The number of rotatable bonds is 8. The Bertz CT molecular complexity index is 1330. The lowest BCUT2D eigenvalue weighted by Gasteiger charge is -2.48. The fourth-order valence-corrected chi connectivity index (χ4v) is 11.5. The van der Waals surface area contributed by atoms with Crippen LogP contribution in [0.4, 0.5) is 10.3 Å². The monoisotopic (exact) mass is 627 g/mol. The lowest BCUT2D eigenvalue weighted by molar-refractivity contribution is -0.000403. The van der Waals surface area contributed by atoms with E-state index in [1.807, 2.05) is 35.9 Å². The average Bonchev–Trinajstić information content (AvgIpc) is 3.18. The second-order valence-corrected chi connectivity index (χ2v) is 17.6. The van der Waals surface area contributed by atoms with Gasteiger partial charge < -0.3 is 18.8 Å². The topological polar surface area (TPSA) is 72.8 Å². The first-order valence-electron chi connectivity index (χ1n) is 15.0. The highest BCUT2D eigenvalue weighted by Crippen LogP contribution is 2.40. The summed E-state index contributed by atoms with van der Waals surface area (Å²) in [5, 5.41) is 2.24. The number of halogens is 2. The van der Waals surface area contributed by atoms with E-state index in [4.69, 9.17) is 25.5 Å². The molecule has 0 spiro atoms. The highest BCUT2D eigenvalue weighted by molar-refractivity contribution is 6.99. The minimum Gasteiger partial charge on any atom is -0.459 e. The molecule has 1 aromatic heterocycles. The van der Waals surface area contributed by atoms with Crippen LogP contribution in [0.1, 0.15) is 41.0 Å². The van der Waals surface area contributed by atoms with Gasteiger partial charge in [0, 0.05) is 19.1 Å². The first-order valence-corrected chi connectivity index (χ1v) is 17.3.